The largest absolute Gasteiger partial charge is 0.493 e. The Kier molecular flexibility index (Phi) is 4.45. The molecular formula is C17H20O2. The molecule has 2 aromatic carbocycles. The van der Waals surface area contributed by atoms with Crippen LogP contribution in [-0.4, -0.2) is 14.2 Å². The van der Waals surface area contributed by atoms with Crippen LogP contribution >= 0.6 is 0 Å². The summed E-state index contributed by atoms with van der Waals surface area (Å²) >= 11 is 0. The van der Waals surface area contributed by atoms with Gasteiger partial charge in [-0.15, -0.1) is 0 Å². The van der Waals surface area contributed by atoms with E-state index >= 15 is 0 Å². The Balaban J connectivity index is 2.16. The molecular weight excluding hydrogens is 236 g/mol. The lowest BCUT2D eigenvalue weighted by Gasteiger charge is -2.12. The fourth-order valence-electron chi connectivity index (χ4n) is 2.22. The Morgan fingerprint density at radius 3 is 2.11 bits per heavy atom. The Morgan fingerprint density at radius 2 is 1.47 bits per heavy atom. The predicted octanol–water partition coefficient (Wildman–Crippen LogP) is 3.80. The minimum absolute atomic E-state index is 0.795. The van der Waals surface area contributed by atoms with E-state index in [0.717, 1.165) is 24.3 Å². The highest BCUT2D eigenvalue weighted by Gasteiger charge is 2.08. The predicted molar refractivity (Wildman–Crippen MR) is 78.1 cm³/mol. The lowest BCUT2D eigenvalue weighted by Crippen LogP contribution is -1.98. The van der Waals surface area contributed by atoms with Gasteiger partial charge in [0.1, 0.15) is 0 Å². The Labute approximate surface area is 115 Å². The van der Waals surface area contributed by atoms with Gasteiger partial charge in [-0.2, -0.15) is 0 Å². The highest BCUT2D eigenvalue weighted by atomic mass is 16.5. The summed E-state index contributed by atoms with van der Waals surface area (Å²) in [6, 6.07) is 14.7. The molecule has 0 N–H and O–H groups in total. The number of hydrogen-bond acceptors (Lipinski definition) is 2. The van der Waals surface area contributed by atoms with Crippen LogP contribution in [0.4, 0.5) is 0 Å². The van der Waals surface area contributed by atoms with Gasteiger partial charge in [0.2, 0.25) is 0 Å². The summed E-state index contributed by atoms with van der Waals surface area (Å²) in [7, 11) is 3.34. The summed E-state index contributed by atoms with van der Waals surface area (Å²) in [6.45, 7) is 2.11. The standard InChI is InChI=1S/C17H20O2/c1-13-11-16(18-2)17(19-3)12-15(13)10-9-14-7-5-4-6-8-14/h4-8,11-12H,9-10H2,1-3H3. The van der Waals surface area contributed by atoms with Crippen LogP contribution in [-0.2, 0) is 12.8 Å². The first-order chi connectivity index (χ1) is 9.24. The van der Waals surface area contributed by atoms with Gasteiger partial charge in [-0.1, -0.05) is 30.3 Å². The second-order valence-corrected chi connectivity index (χ2v) is 4.62. The van der Waals surface area contributed by atoms with Gasteiger partial charge in [0.15, 0.2) is 11.5 Å². The van der Waals surface area contributed by atoms with Gasteiger partial charge in [-0.05, 0) is 48.6 Å². The molecule has 0 aromatic heterocycles. The first kappa shape index (κ1) is 13.5. The Hall–Kier alpha value is -1.96. The minimum atomic E-state index is 0.795. The number of hydrogen-bond donors (Lipinski definition) is 0. The van der Waals surface area contributed by atoms with Crippen molar-refractivity contribution >= 4 is 0 Å². The maximum absolute atomic E-state index is 5.36. The van der Waals surface area contributed by atoms with E-state index in [1.54, 1.807) is 14.2 Å². The number of benzene rings is 2. The van der Waals surface area contributed by atoms with Gasteiger partial charge < -0.3 is 9.47 Å². The molecule has 0 spiro atoms. The van der Waals surface area contributed by atoms with E-state index in [-0.39, 0.29) is 0 Å². The van der Waals surface area contributed by atoms with Gasteiger partial charge in [0, 0.05) is 0 Å². The van der Waals surface area contributed by atoms with Crippen molar-refractivity contribution in [1.29, 1.82) is 0 Å². The molecule has 0 aliphatic rings. The fourth-order valence-corrected chi connectivity index (χ4v) is 2.22. The topological polar surface area (TPSA) is 18.5 Å². The second-order valence-electron chi connectivity index (χ2n) is 4.62. The summed E-state index contributed by atoms with van der Waals surface area (Å²) in [5, 5.41) is 0. The summed E-state index contributed by atoms with van der Waals surface area (Å²) in [4.78, 5) is 0. The third-order valence-corrected chi connectivity index (χ3v) is 3.37. The van der Waals surface area contributed by atoms with Gasteiger partial charge in [-0.3, -0.25) is 0 Å². The van der Waals surface area contributed by atoms with Crippen molar-refractivity contribution in [2.24, 2.45) is 0 Å². The smallest absolute Gasteiger partial charge is 0.161 e. The summed E-state index contributed by atoms with van der Waals surface area (Å²) < 4.78 is 10.7. The van der Waals surface area contributed by atoms with Gasteiger partial charge in [-0.25, -0.2) is 0 Å². The van der Waals surface area contributed by atoms with Crippen LogP contribution in [0.1, 0.15) is 16.7 Å². The van der Waals surface area contributed by atoms with Crippen LogP contribution < -0.4 is 9.47 Å². The molecule has 0 saturated heterocycles. The highest BCUT2D eigenvalue weighted by molar-refractivity contribution is 5.47. The van der Waals surface area contributed by atoms with E-state index in [9.17, 15) is 0 Å². The molecule has 100 valence electrons. The van der Waals surface area contributed by atoms with Crippen molar-refractivity contribution in [2.75, 3.05) is 14.2 Å². The monoisotopic (exact) mass is 256 g/mol. The average molecular weight is 256 g/mol. The van der Waals surface area contributed by atoms with Crippen molar-refractivity contribution in [3.05, 3.63) is 59.2 Å². The molecule has 0 heterocycles. The highest BCUT2D eigenvalue weighted by Crippen LogP contribution is 2.30. The number of rotatable bonds is 5. The molecule has 2 heteroatoms. The molecule has 0 radical (unpaired) electrons. The van der Waals surface area contributed by atoms with E-state index in [1.165, 1.54) is 16.7 Å². The van der Waals surface area contributed by atoms with Crippen LogP contribution in [0, 0.1) is 6.92 Å². The Morgan fingerprint density at radius 1 is 0.842 bits per heavy atom. The van der Waals surface area contributed by atoms with E-state index in [4.69, 9.17) is 9.47 Å². The zero-order chi connectivity index (χ0) is 13.7. The number of aryl methyl sites for hydroxylation is 3. The third-order valence-electron chi connectivity index (χ3n) is 3.37. The van der Waals surface area contributed by atoms with E-state index < -0.39 is 0 Å². The van der Waals surface area contributed by atoms with Crippen LogP contribution in [0.25, 0.3) is 0 Å². The first-order valence-corrected chi connectivity index (χ1v) is 6.50. The van der Waals surface area contributed by atoms with Crippen LogP contribution in [0.15, 0.2) is 42.5 Å². The number of methoxy groups -OCH3 is 2. The SMILES string of the molecule is COc1cc(C)c(CCc2ccccc2)cc1OC. The summed E-state index contributed by atoms with van der Waals surface area (Å²) in [5.41, 5.74) is 3.91. The van der Waals surface area contributed by atoms with E-state index in [0.29, 0.717) is 0 Å². The quantitative estimate of drug-likeness (QED) is 0.810. The summed E-state index contributed by atoms with van der Waals surface area (Å²) in [5.74, 6) is 1.60. The zero-order valence-corrected chi connectivity index (χ0v) is 11.8. The third kappa shape index (κ3) is 3.28. The van der Waals surface area contributed by atoms with Gasteiger partial charge in [0.05, 0.1) is 14.2 Å². The molecule has 0 aliphatic heterocycles. The lowest BCUT2D eigenvalue weighted by molar-refractivity contribution is 0.354. The molecule has 2 rings (SSSR count). The molecule has 0 saturated carbocycles. The molecule has 0 bridgehead atoms. The normalized spacial score (nSPS) is 10.3. The van der Waals surface area contributed by atoms with E-state index in [2.05, 4.69) is 37.3 Å². The van der Waals surface area contributed by atoms with Crippen LogP contribution in [0.3, 0.4) is 0 Å². The van der Waals surface area contributed by atoms with Gasteiger partial charge in [0.25, 0.3) is 0 Å². The molecule has 19 heavy (non-hydrogen) atoms. The van der Waals surface area contributed by atoms with Crippen molar-refractivity contribution in [3.63, 3.8) is 0 Å². The van der Waals surface area contributed by atoms with Gasteiger partial charge >= 0.3 is 0 Å². The van der Waals surface area contributed by atoms with E-state index in [1.807, 2.05) is 12.1 Å². The minimum Gasteiger partial charge on any atom is -0.493 e. The van der Waals surface area contributed by atoms with Crippen molar-refractivity contribution in [3.8, 4) is 11.5 Å². The molecule has 0 amide bonds. The molecule has 2 aromatic rings. The molecule has 0 aliphatic carbocycles. The Bertz CT molecular complexity index is 532. The van der Waals surface area contributed by atoms with Crippen LogP contribution in [0.2, 0.25) is 0 Å². The average Bonchev–Trinajstić information content (AvgIpc) is 2.46. The second kappa shape index (κ2) is 6.28. The molecule has 0 unspecified atom stereocenters. The van der Waals surface area contributed by atoms with Crippen LogP contribution in [0.5, 0.6) is 11.5 Å². The number of ether oxygens (including phenoxy) is 2. The molecule has 2 nitrogen and oxygen atoms in total. The van der Waals surface area contributed by atoms with Crippen molar-refractivity contribution in [2.45, 2.75) is 19.8 Å². The molecule has 0 atom stereocenters. The van der Waals surface area contributed by atoms with Crippen molar-refractivity contribution < 1.29 is 9.47 Å². The maximum atomic E-state index is 5.36. The fraction of sp³-hybridized carbons (Fsp3) is 0.294. The van der Waals surface area contributed by atoms with Crippen molar-refractivity contribution in [1.82, 2.24) is 0 Å². The zero-order valence-electron chi connectivity index (χ0n) is 11.8. The molecule has 0 fully saturated rings. The first-order valence-electron chi connectivity index (χ1n) is 6.50. The summed E-state index contributed by atoms with van der Waals surface area (Å²) in [6.07, 6.45) is 2.05. The maximum Gasteiger partial charge on any atom is 0.161 e. The lowest BCUT2D eigenvalue weighted by atomic mass is 10.00.